The van der Waals surface area contributed by atoms with Gasteiger partial charge in [0.25, 0.3) is 0 Å². The van der Waals surface area contributed by atoms with Gasteiger partial charge in [-0.2, -0.15) is 17.2 Å². The lowest BCUT2D eigenvalue weighted by Gasteiger charge is -2.54. The van der Waals surface area contributed by atoms with Crippen LogP contribution < -0.4 is 4.74 Å². The zero-order valence-electron chi connectivity index (χ0n) is 27.4. The van der Waals surface area contributed by atoms with Crippen molar-refractivity contribution in [3.05, 3.63) is 112 Å². The summed E-state index contributed by atoms with van der Waals surface area (Å²) in [4.78, 5) is 53.6. The molecular weight excluding hydrogens is 1080 g/mol. The normalized spacial score (nSPS) is 22.5. The number of alkyl halides is 2. The molecule has 2 N–H and O–H groups in total. The number of benzene rings is 3. The van der Waals surface area contributed by atoms with Crippen LogP contribution in [0.25, 0.3) is 0 Å². The Bertz CT molecular complexity index is 2190. The second kappa shape index (κ2) is 16.1. The molecule has 12 nitrogen and oxygen atoms in total. The lowest BCUT2D eigenvalue weighted by atomic mass is 9.48. The molecule has 3 aromatic rings. The van der Waals surface area contributed by atoms with Crippen molar-refractivity contribution in [3.8, 4) is 11.5 Å². The molecule has 0 saturated heterocycles. The van der Waals surface area contributed by atoms with Crippen molar-refractivity contribution in [2.45, 2.75) is 17.1 Å². The van der Waals surface area contributed by atoms with Crippen molar-refractivity contribution in [1.82, 2.24) is 0 Å². The van der Waals surface area contributed by atoms with Crippen LogP contribution in [0.4, 0.5) is 8.78 Å². The number of hydrogen-bond acceptors (Lipinski definition) is 11. The van der Waals surface area contributed by atoms with Gasteiger partial charge in [0.05, 0.1) is 33.7 Å². The smallest absolute Gasteiger partial charge is 0.402 e. The fourth-order valence-corrected chi connectivity index (χ4v) is 9.84. The summed E-state index contributed by atoms with van der Waals surface area (Å²) in [5, 5.41) is 5.02. The highest BCUT2D eigenvalue weighted by molar-refractivity contribution is 14.1. The highest BCUT2D eigenvalue weighted by atomic mass is 127. The molecular formula is C36H27F2I3O12S. The summed E-state index contributed by atoms with van der Waals surface area (Å²) in [6.07, 6.45) is 7.80. The first-order valence-corrected chi connectivity index (χ1v) is 20.7. The third kappa shape index (κ3) is 8.03. The van der Waals surface area contributed by atoms with Crippen LogP contribution in [0.3, 0.4) is 0 Å². The minimum Gasteiger partial charge on any atom is -0.507 e. The maximum atomic E-state index is 14.4. The molecule has 3 aromatic carbocycles. The van der Waals surface area contributed by atoms with E-state index < -0.39 is 69.5 Å². The maximum Gasteiger partial charge on any atom is 0.402 e. The van der Waals surface area contributed by atoms with Crippen molar-refractivity contribution >= 4 is 102 Å². The quantitative estimate of drug-likeness (QED) is 0.0524. The molecule has 7 rings (SSSR count). The predicted octanol–water partition coefficient (Wildman–Crippen LogP) is 6.63. The molecule has 0 heterocycles. The number of phenols is 1. The number of aromatic hydroxyl groups is 1. The Balaban J connectivity index is 1.24. The molecule has 1 saturated carbocycles. The van der Waals surface area contributed by atoms with Gasteiger partial charge >= 0.3 is 39.2 Å². The molecule has 54 heavy (non-hydrogen) atoms. The molecule has 0 amide bonds. The van der Waals surface area contributed by atoms with Crippen molar-refractivity contribution < 1.29 is 65.0 Å². The molecule has 4 aliphatic carbocycles. The number of esters is 4. The number of fused-ring (bicyclic) bond motifs is 1. The minimum absolute atomic E-state index is 0.00962. The van der Waals surface area contributed by atoms with Gasteiger partial charge in [-0.15, -0.1) is 0 Å². The fourth-order valence-electron chi connectivity index (χ4n) is 7.13. The Morgan fingerprint density at radius 2 is 1.24 bits per heavy atom. The van der Waals surface area contributed by atoms with Gasteiger partial charge in [0.15, 0.2) is 12.4 Å². The Morgan fingerprint density at radius 1 is 0.722 bits per heavy atom. The summed E-state index contributed by atoms with van der Waals surface area (Å²) in [5.41, 5.74) is 1.72. The van der Waals surface area contributed by atoms with Crippen LogP contribution in [0.5, 0.6) is 11.5 Å². The van der Waals surface area contributed by atoms with E-state index >= 15 is 0 Å². The average molecular weight is 1100 g/mol. The molecule has 0 aromatic heterocycles. The van der Waals surface area contributed by atoms with Gasteiger partial charge in [-0.3, -0.25) is 14.1 Å². The summed E-state index contributed by atoms with van der Waals surface area (Å²) < 4.78 is 80.1. The number of ether oxygens (including phenoxy) is 4. The van der Waals surface area contributed by atoms with Gasteiger partial charge in [0.1, 0.15) is 19.0 Å². The van der Waals surface area contributed by atoms with E-state index in [1.54, 1.807) is 45.2 Å². The number of halogens is 5. The first-order valence-electron chi connectivity index (χ1n) is 16.0. The Kier molecular flexibility index (Phi) is 12.1. The van der Waals surface area contributed by atoms with Crippen LogP contribution in [0.15, 0.2) is 78.9 Å². The standard InChI is InChI=1S/C36H27F2I3O12S/c37-36(38,54(47,48)49)16-52-33(44)18-14-24(40)31(25(41)15-18)53-35(46)30-28-21-7-3-1-5-19(21)27(20-6-2-4-8-22(20)28)29(30)34(45)51-12-11-50-32(43)17-9-10-26(42)23(39)13-17/h1-10,13-15,19,21,27-30,42H,11-12,16H2,(H,47,48,49). The third-order valence-corrected chi connectivity index (χ3v) is 12.7. The van der Waals surface area contributed by atoms with E-state index in [-0.39, 0.29) is 54.8 Å². The summed E-state index contributed by atoms with van der Waals surface area (Å²) >= 11 is 5.42. The van der Waals surface area contributed by atoms with E-state index in [1.807, 2.05) is 71.2 Å². The highest BCUT2D eigenvalue weighted by Gasteiger charge is 2.61. The molecule has 0 aliphatic heterocycles. The number of carbonyl (C=O) groups is 4. The fraction of sp³-hybridized carbons (Fsp3) is 0.278. The molecule has 18 heteroatoms. The van der Waals surface area contributed by atoms with Gasteiger partial charge in [-0.25, -0.2) is 9.59 Å². The van der Waals surface area contributed by atoms with Crippen LogP contribution >= 0.6 is 67.8 Å². The van der Waals surface area contributed by atoms with E-state index in [4.69, 9.17) is 18.8 Å². The lowest BCUT2D eigenvalue weighted by molar-refractivity contribution is -0.164. The third-order valence-electron chi connectivity index (χ3n) is 9.40. The Labute approximate surface area is 347 Å². The SMILES string of the molecule is O=C(OCCOC(=O)C1C(C(=O)Oc2c(I)cc(C(=O)OCC(F)(F)S(=O)(=O)O)cc2I)C2c3ccccc3C1C1C=CC=CC12)c1ccc(O)c(I)c1. The number of phenolic OH excluding ortho intramolecular Hbond substituents is 1. The van der Waals surface area contributed by atoms with Crippen molar-refractivity contribution in [2.24, 2.45) is 23.7 Å². The zero-order chi connectivity index (χ0) is 39.1. The zero-order valence-corrected chi connectivity index (χ0v) is 34.7. The van der Waals surface area contributed by atoms with E-state index in [2.05, 4.69) is 4.74 Å². The van der Waals surface area contributed by atoms with Gasteiger partial charge in [-0.1, -0.05) is 48.6 Å². The van der Waals surface area contributed by atoms with Gasteiger partial charge < -0.3 is 24.1 Å². The van der Waals surface area contributed by atoms with Gasteiger partial charge in [0, 0.05) is 11.8 Å². The molecule has 1 fully saturated rings. The summed E-state index contributed by atoms with van der Waals surface area (Å²) in [7, 11) is -5.83. The van der Waals surface area contributed by atoms with Crippen molar-refractivity contribution in [1.29, 1.82) is 0 Å². The van der Waals surface area contributed by atoms with Crippen LogP contribution in [0.1, 0.15) is 43.7 Å². The summed E-state index contributed by atoms with van der Waals surface area (Å²) in [6, 6.07) is 14.2. The van der Waals surface area contributed by atoms with Crippen LogP contribution in [0.2, 0.25) is 0 Å². The molecule has 6 atom stereocenters. The molecule has 2 bridgehead atoms. The largest absolute Gasteiger partial charge is 0.507 e. The second-order valence-electron chi connectivity index (χ2n) is 12.5. The minimum atomic E-state index is -5.83. The van der Waals surface area contributed by atoms with E-state index in [0.29, 0.717) is 3.57 Å². The predicted molar refractivity (Wildman–Crippen MR) is 211 cm³/mol. The monoisotopic (exact) mass is 1100 g/mol. The lowest BCUT2D eigenvalue weighted by Crippen LogP contribution is -2.54. The molecule has 284 valence electrons. The van der Waals surface area contributed by atoms with Crippen LogP contribution in [-0.2, 0) is 33.9 Å². The van der Waals surface area contributed by atoms with E-state index in [0.717, 1.165) is 11.1 Å². The van der Waals surface area contributed by atoms with Crippen molar-refractivity contribution in [2.75, 3.05) is 19.8 Å². The molecule has 0 radical (unpaired) electrons. The maximum absolute atomic E-state index is 14.4. The summed E-state index contributed by atoms with van der Waals surface area (Å²) in [5.74, 6) is -6.78. The first kappa shape index (κ1) is 40.4. The van der Waals surface area contributed by atoms with Crippen molar-refractivity contribution in [3.63, 3.8) is 0 Å². The average Bonchev–Trinajstić information content (AvgIpc) is 3.13. The number of allylic oxidation sites excluding steroid dienone is 4. The van der Waals surface area contributed by atoms with Gasteiger partial charge in [0.2, 0.25) is 0 Å². The Morgan fingerprint density at radius 3 is 1.80 bits per heavy atom. The van der Waals surface area contributed by atoms with Crippen LogP contribution in [-0.4, -0.2) is 67.0 Å². The van der Waals surface area contributed by atoms with E-state index in [1.165, 1.54) is 30.3 Å². The summed E-state index contributed by atoms with van der Waals surface area (Å²) in [6.45, 7) is -2.50. The van der Waals surface area contributed by atoms with Gasteiger partial charge in [-0.05, 0) is 121 Å². The number of rotatable bonds is 11. The Hall–Kier alpha value is -3.22. The van der Waals surface area contributed by atoms with Crippen LogP contribution in [0, 0.1) is 34.4 Å². The number of carbonyl (C=O) groups excluding carboxylic acids is 4. The first-order chi connectivity index (χ1) is 25.5. The number of hydrogen-bond donors (Lipinski definition) is 2. The topological polar surface area (TPSA) is 180 Å². The highest BCUT2D eigenvalue weighted by Crippen LogP contribution is 2.62. The second-order valence-corrected chi connectivity index (χ2v) is 17.5. The molecule has 4 aliphatic rings. The van der Waals surface area contributed by atoms with E-state index in [9.17, 15) is 41.5 Å². The molecule has 0 spiro atoms. The molecule has 6 unspecified atom stereocenters.